The summed E-state index contributed by atoms with van der Waals surface area (Å²) in [5.41, 5.74) is 8.10. The maximum Gasteiger partial charge on any atom is 0.410 e. The molecule has 1 aliphatic rings. The summed E-state index contributed by atoms with van der Waals surface area (Å²) in [6.07, 6.45) is 1.87. The molecule has 214 valence electrons. The summed E-state index contributed by atoms with van der Waals surface area (Å²) < 4.78 is 5.24. The van der Waals surface area contributed by atoms with Crippen molar-refractivity contribution in [2.45, 2.75) is 43.9 Å². The first-order valence-corrected chi connectivity index (χ1v) is 13.9. The zero-order valence-corrected chi connectivity index (χ0v) is 23.3. The molecule has 0 bridgehead atoms. The van der Waals surface area contributed by atoms with Crippen molar-refractivity contribution in [3.8, 4) is 0 Å². The van der Waals surface area contributed by atoms with Crippen LogP contribution < -0.4 is 11.1 Å². The van der Waals surface area contributed by atoms with Crippen molar-refractivity contribution in [1.82, 2.24) is 15.1 Å². The second kappa shape index (κ2) is 14.3. The van der Waals surface area contributed by atoms with Gasteiger partial charge in [-0.3, -0.25) is 9.59 Å². The second-order valence-corrected chi connectivity index (χ2v) is 10.3. The van der Waals surface area contributed by atoms with Crippen molar-refractivity contribution < 1.29 is 19.1 Å². The molecule has 1 aliphatic heterocycles. The molecule has 1 heterocycles. The van der Waals surface area contributed by atoms with E-state index in [1.807, 2.05) is 91.0 Å². The minimum absolute atomic E-state index is 0.102. The molecule has 8 nitrogen and oxygen atoms in total. The Hall–Kier alpha value is -4.43. The number of hydrogen-bond donors (Lipinski definition) is 2. The molecule has 8 heteroatoms. The first kappa shape index (κ1) is 29.6. The molecular formula is C33H38N4O4. The number of rotatable bonds is 11. The topological polar surface area (TPSA) is 105 Å². The van der Waals surface area contributed by atoms with Gasteiger partial charge in [0, 0.05) is 26.2 Å². The minimum Gasteiger partial charge on any atom is -0.445 e. The minimum atomic E-state index is -1.22. The molecule has 0 radical (unpaired) electrons. The van der Waals surface area contributed by atoms with E-state index in [4.69, 9.17) is 10.5 Å². The van der Waals surface area contributed by atoms with Crippen LogP contribution in [0.15, 0.2) is 104 Å². The Morgan fingerprint density at radius 2 is 1.44 bits per heavy atom. The van der Waals surface area contributed by atoms with Gasteiger partial charge in [-0.15, -0.1) is 0 Å². The Bertz CT molecular complexity index is 1290. The van der Waals surface area contributed by atoms with Gasteiger partial charge in [-0.2, -0.15) is 0 Å². The van der Waals surface area contributed by atoms with Gasteiger partial charge in [0.25, 0.3) is 0 Å². The summed E-state index contributed by atoms with van der Waals surface area (Å²) in [5.74, 6) is -0.577. The van der Waals surface area contributed by atoms with E-state index < -0.39 is 17.7 Å². The van der Waals surface area contributed by atoms with Crippen LogP contribution in [0, 0.1) is 0 Å². The number of piperidine rings is 1. The van der Waals surface area contributed by atoms with Crippen LogP contribution in [0.25, 0.3) is 0 Å². The molecule has 0 saturated carbocycles. The van der Waals surface area contributed by atoms with Crippen LogP contribution in [-0.2, 0) is 33.8 Å². The van der Waals surface area contributed by atoms with E-state index in [9.17, 15) is 14.4 Å². The molecule has 0 spiro atoms. The number of amides is 3. The normalized spacial score (nSPS) is 14.9. The van der Waals surface area contributed by atoms with Gasteiger partial charge in [0.05, 0.1) is 6.04 Å². The van der Waals surface area contributed by atoms with Crippen LogP contribution in [0.5, 0.6) is 0 Å². The maximum atomic E-state index is 14.2. The van der Waals surface area contributed by atoms with Crippen LogP contribution in [0.1, 0.15) is 29.5 Å². The zero-order chi connectivity index (χ0) is 29.1. The van der Waals surface area contributed by atoms with Crippen LogP contribution >= 0.6 is 0 Å². The summed E-state index contributed by atoms with van der Waals surface area (Å²) in [7, 11) is 0. The highest BCUT2D eigenvalue weighted by Crippen LogP contribution is 2.33. The van der Waals surface area contributed by atoms with Gasteiger partial charge in [-0.05, 0) is 36.0 Å². The van der Waals surface area contributed by atoms with Crippen molar-refractivity contribution in [2.75, 3.05) is 19.7 Å². The highest BCUT2D eigenvalue weighted by atomic mass is 16.6. The van der Waals surface area contributed by atoms with E-state index in [1.54, 1.807) is 9.80 Å². The molecule has 3 amide bonds. The molecule has 1 atom stereocenters. The molecule has 3 N–H and O–H groups in total. The van der Waals surface area contributed by atoms with Crippen molar-refractivity contribution >= 4 is 17.9 Å². The van der Waals surface area contributed by atoms with Gasteiger partial charge >= 0.3 is 6.09 Å². The fourth-order valence-electron chi connectivity index (χ4n) is 5.20. The molecule has 0 aliphatic carbocycles. The largest absolute Gasteiger partial charge is 0.445 e. The van der Waals surface area contributed by atoms with Crippen LogP contribution in [0.4, 0.5) is 4.79 Å². The highest BCUT2D eigenvalue weighted by molar-refractivity contribution is 5.93. The van der Waals surface area contributed by atoms with Gasteiger partial charge in [0.2, 0.25) is 11.8 Å². The second-order valence-electron chi connectivity index (χ2n) is 10.3. The predicted molar refractivity (Wildman–Crippen MR) is 158 cm³/mol. The molecular weight excluding hydrogens is 516 g/mol. The molecule has 1 fully saturated rings. The van der Waals surface area contributed by atoms with Crippen molar-refractivity contribution in [3.05, 3.63) is 120 Å². The Labute approximate surface area is 241 Å². The Balaban J connectivity index is 1.65. The van der Waals surface area contributed by atoms with E-state index in [0.29, 0.717) is 13.0 Å². The molecule has 41 heavy (non-hydrogen) atoms. The molecule has 3 aromatic carbocycles. The van der Waals surface area contributed by atoms with E-state index in [0.717, 1.165) is 16.7 Å². The number of ether oxygens (including phenoxy) is 1. The number of carbonyl (C=O) groups is 3. The van der Waals surface area contributed by atoms with Crippen LogP contribution in [-0.4, -0.2) is 59.0 Å². The first-order valence-electron chi connectivity index (χ1n) is 13.9. The maximum absolute atomic E-state index is 14.2. The number of nitrogens with two attached hydrogens (primary N) is 1. The Kier molecular flexibility index (Phi) is 10.3. The molecule has 1 saturated heterocycles. The Morgan fingerprint density at radius 1 is 0.902 bits per heavy atom. The van der Waals surface area contributed by atoms with E-state index in [2.05, 4.69) is 11.9 Å². The number of hydrogen-bond acceptors (Lipinski definition) is 5. The highest BCUT2D eigenvalue weighted by Gasteiger charge is 2.49. The lowest BCUT2D eigenvalue weighted by atomic mass is 9.83. The molecule has 4 rings (SSSR count). The van der Waals surface area contributed by atoms with Crippen LogP contribution in [0.3, 0.4) is 0 Å². The van der Waals surface area contributed by atoms with E-state index in [1.165, 1.54) is 6.08 Å². The quantitative estimate of drug-likeness (QED) is 0.348. The number of carbonyl (C=O) groups excluding carboxylic acids is 3. The molecule has 3 aromatic rings. The predicted octanol–water partition coefficient (Wildman–Crippen LogP) is 4.06. The standard InChI is InChI=1S/C33H38N4O4/c1-2-22-41-32(40)36-20-18-33(19-21-36,31(39)35-24-27-14-8-4-9-15-27)37(25-28-16-10-5-11-17-28)30(38)29(34)23-26-12-6-3-7-13-26/h2-17,29H,1,18-25,34H2,(H,35,39)/t29-/m0/s1. The monoisotopic (exact) mass is 554 g/mol. The number of likely N-dealkylation sites (tertiary alicyclic amines) is 1. The van der Waals surface area contributed by atoms with Gasteiger partial charge in [-0.25, -0.2) is 4.79 Å². The lowest BCUT2D eigenvalue weighted by molar-refractivity contribution is -0.153. The smallest absolute Gasteiger partial charge is 0.410 e. The van der Waals surface area contributed by atoms with Gasteiger partial charge < -0.3 is 25.6 Å². The molecule has 0 aromatic heterocycles. The van der Waals surface area contributed by atoms with Crippen LogP contribution in [0.2, 0.25) is 0 Å². The van der Waals surface area contributed by atoms with Crippen molar-refractivity contribution in [1.29, 1.82) is 0 Å². The van der Waals surface area contributed by atoms with E-state index in [-0.39, 0.29) is 50.9 Å². The fourth-order valence-corrected chi connectivity index (χ4v) is 5.20. The summed E-state index contributed by atoms with van der Waals surface area (Å²) in [6.45, 7) is 4.72. The van der Waals surface area contributed by atoms with Gasteiger partial charge in [-0.1, -0.05) is 104 Å². The number of benzene rings is 3. The summed E-state index contributed by atoms with van der Waals surface area (Å²) in [6, 6.07) is 28.0. The third-order valence-electron chi connectivity index (χ3n) is 7.47. The summed E-state index contributed by atoms with van der Waals surface area (Å²) in [5, 5.41) is 3.08. The SMILES string of the molecule is C=CCOC(=O)N1CCC(C(=O)NCc2ccccc2)(N(Cc2ccccc2)C(=O)[C@@H](N)Cc2ccccc2)CC1. The van der Waals surface area contributed by atoms with Crippen molar-refractivity contribution in [3.63, 3.8) is 0 Å². The average molecular weight is 555 g/mol. The molecule has 0 unspecified atom stereocenters. The Morgan fingerprint density at radius 3 is 2.00 bits per heavy atom. The third kappa shape index (κ3) is 7.61. The van der Waals surface area contributed by atoms with Crippen molar-refractivity contribution in [2.24, 2.45) is 5.73 Å². The number of nitrogens with one attached hydrogen (secondary N) is 1. The third-order valence-corrected chi connectivity index (χ3v) is 7.47. The number of nitrogens with zero attached hydrogens (tertiary/aromatic N) is 2. The first-order chi connectivity index (χ1) is 19.9. The summed E-state index contributed by atoms with van der Waals surface area (Å²) in [4.78, 5) is 44.2. The lowest BCUT2D eigenvalue weighted by Crippen LogP contribution is -2.66. The van der Waals surface area contributed by atoms with Gasteiger partial charge in [0.15, 0.2) is 0 Å². The fraction of sp³-hybridized carbons (Fsp3) is 0.303. The lowest BCUT2D eigenvalue weighted by Gasteiger charge is -2.48. The average Bonchev–Trinajstić information content (AvgIpc) is 3.02. The van der Waals surface area contributed by atoms with Gasteiger partial charge in [0.1, 0.15) is 12.1 Å². The van der Waals surface area contributed by atoms with E-state index >= 15 is 0 Å². The zero-order valence-electron chi connectivity index (χ0n) is 23.3. The summed E-state index contributed by atoms with van der Waals surface area (Å²) >= 11 is 0.